The Labute approximate surface area is 189 Å². The molecular weight excluding hydrogens is 442 g/mol. The predicted octanol–water partition coefficient (Wildman–Crippen LogP) is 1.76. The summed E-state index contributed by atoms with van der Waals surface area (Å²) >= 11 is 0. The van der Waals surface area contributed by atoms with Crippen molar-refractivity contribution < 1.29 is 8.42 Å². The number of aromatic nitrogens is 8. The fraction of sp³-hybridized carbons (Fsp3) is 0.286. The molecule has 0 saturated carbocycles. The van der Waals surface area contributed by atoms with Gasteiger partial charge >= 0.3 is 0 Å². The summed E-state index contributed by atoms with van der Waals surface area (Å²) in [4.78, 5) is 9.53. The molecule has 1 aromatic carbocycles. The molecule has 0 aliphatic carbocycles. The van der Waals surface area contributed by atoms with Gasteiger partial charge in [-0.15, -0.1) is 5.10 Å². The Bertz CT molecular complexity index is 1570. The number of hydrogen-bond donors (Lipinski definition) is 0. The molecule has 1 saturated heterocycles. The summed E-state index contributed by atoms with van der Waals surface area (Å²) in [6, 6.07) is 9.78. The van der Waals surface area contributed by atoms with Crippen molar-refractivity contribution in [2.24, 2.45) is 7.05 Å². The topological polar surface area (TPSA) is 116 Å². The quantitative estimate of drug-likeness (QED) is 0.399. The maximum Gasteiger partial charge on any atom is 0.246 e. The lowest BCUT2D eigenvalue weighted by atomic mass is 9.99. The first-order chi connectivity index (χ1) is 16.0. The summed E-state index contributed by atoms with van der Waals surface area (Å²) in [6.45, 7) is 0.796. The third-order valence-electron chi connectivity index (χ3n) is 5.99. The van der Waals surface area contributed by atoms with Crippen molar-refractivity contribution in [1.82, 2.24) is 43.4 Å². The van der Waals surface area contributed by atoms with Crippen LogP contribution in [0.5, 0.6) is 0 Å². The Morgan fingerprint density at radius 1 is 1.06 bits per heavy atom. The molecule has 0 N–H and O–H groups in total. The van der Waals surface area contributed by atoms with Gasteiger partial charge in [0.1, 0.15) is 11.2 Å². The Morgan fingerprint density at radius 2 is 1.91 bits per heavy atom. The Hall–Kier alpha value is -3.64. The molecule has 4 aromatic heterocycles. The van der Waals surface area contributed by atoms with Crippen LogP contribution in [0.1, 0.15) is 24.6 Å². The van der Waals surface area contributed by atoms with Gasteiger partial charge in [-0.05, 0) is 25.0 Å². The summed E-state index contributed by atoms with van der Waals surface area (Å²) in [5.41, 5.74) is 2.26. The zero-order valence-corrected chi connectivity index (χ0v) is 18.7. The summed E-state index contributed by atoms with van der Waals surface area (Å²) in [6.07, 6.45) is 7.82. The van der Waals surface area contributed by atoms with Gasteiger partial charge < -0.3 is 0 Å². The third-order valence-corrected chi connectivity index (χ3v) is 7.81. The molecule has 1 atom stereocenters. The van der Waals surface area contributed by atoms with Crippen LogP contribution in [0.3, 0.4) is 0 Å². The van der Waals surface area contributed by atoms with E-state index in [4.69, 9.17) is 4.98 Å². The van der Waals surface area contributed by atoms with Gasteiger partial charge in [0, 0.05) is 32.3 Å². The molecule has 11 nitrogen and oxygen atoms in total. The van der Waals surface area contributed by atoms with Gasteiger partial charge in [-0.25, -0.2) is 27.6 Å². The van der Waals surface area contributed by atoms with Crippen LogP contribution < -0.4 is 0 Å². The number of rotatable bonds is 4. The molecule has 1 fully saturated rings. The zero-order valence-electron chi connectivity index (χ0n) is 17.9. The number of para-hydroxylation sites is 1. The lowest BCUT2D eigenvalue weighted by Gasteiger charge is -2.30. The minimum atomic E-state index is -3.61. The van der Waals surface area contributed by atoms with Crippen LogP contribution in [0, 0.1) is 0 Å². The van der Waals surface area contributed by atoms with E-state index in [0.29, 0.717) is 30.2 Å². The second-order valence-corrected chi connectivity index (χ2v) is 10.1. The van der Waals surface area contributed by atoms with Crippen LogP contribution >= 0.6 is 0 Å². The predicted molar refractivity (Wildman–Crippen MR) is 119 cm³/mol. The highest BCUT2D eigenvalue weighted by atomic mass is 32.2. The smallest absolute Gasteiger partial charge is 0.246 e. The average Bonchev–Trinajstić information content (AvgIpc) is 3.57. The normalized spacial score (nSPS) is 17.8. The van der Waals surface area contributed by atoms with Crippen molar-refractivity contribution >= 4 is 26.7 Å². The number of benzene rings is 1. The maximum absolute atomic E-state index is 13.1. The van der Waals surface area contributed by atoms with Gasteiger partial charge in [-0.2, -0.15) is 14.5 Å². The monoisotopic (exact) mass is 463 g/mol. The molecule has 0 unspecified atom stereocenters. The summed E-state index contributed by atoms with van der Waals surface area (Å²) in [5, 5.41) is 13.9. The van der Waals surface area contributed by atoms with E-state index >= 15 is 0 Å². The number of fused-ring (bicyclic) bond motifs is 3. The van der Waals surface area contributed by atoms with Crippen LogP contribution in [0.2, 0.25) is 0 Å². The molecule has 5 heterocycles. The molecule has 1 aliphatic heterocycles. The second-order valence-electron chi connectivity index (χ2n) is 8.16. The van der Waals surface area contributed by atoms with Gasteiger partial charge in [0.15, 0.2) is 17.1 Å². The molecule has 33 heavy (non-hydrogen) atoms. The van der Waals surface area contributed by atoms with Crippen molar-refractivity contribution in [3.63, 3.8) is 0 Å². The summed E-state index contributed by atoms with van der Waals surface area (Å²) < 4.78 is 32.5. The first-order valence-electron chi connectivity index (χ1n) is 10.6. The van der Waals surface area contributed by atoms with Gasteiger partial charge in [-0.3, -0.25) is 4.68 Å². The largest absolute Gasteiger partial charge is 0.274 e. The van der Waals surface area contributed by atoms with Gasteiger partial charge in [0.2, 0.25) is 10.0 Å². The van der Waals surface area contributed by atoms with Crippen molar-refractivity contribution in [3.8, 4) is 5.69 Å². The molecule has 168 valence electrons. The van der Waals surface area contributed by atoms with E-state index in [1.807, 2.05) is 30.3 Å². The van der Waals surface area contributed by atoms with Gasteiger partial charge in [0.25, 0.3) is 0 Å². The van der Waals surface area contributed by atoms with Crippen molar-refractivity contribution in [2.75, 3.05) is 13.1 Å². The fourth-order valence-corrected chi connectivity index (χ4v) is 5.83. The standard InChI is InChI=1S/C21H21N9O2S/c1-27-13-17(10-23-27)33(31,32)28-9-5-6-15(12-28)19-25-21-18-11-24-30(16-7-3-2-4-8-16)20(18)22-14-29(21)26-19/h2-4,7-8,10-11,13-15H,5-6,9,12H2,1H3/t15-/m1/s1. The van der Waals surface area contributed by atoms with Gasteiger partial charge in [0.05, 0.1) is 23.5 Å². The van der Waals surface area contributed by atoms with Crippen LogP contribution in [0.25, 0.3) is 22.4 Å². The van der Waals surface area contributed by atoms with Gasteiger partial charge in [-0.1, -0.05) is 18.2 Å². The SMILES string of the molecule is Cn1cc(S(=O)(=O)N2CCC[C@@H](c3nc4c5cnn(-c6ccccc6)c5ncn4n3)C2)cn1. The van der Waals surface area contributed by atoms with E-state index in [2.05, 4.69) is 20.3 Å². The van der Waals surface area contributed by atoms with Crippen molar-refractivity contribution in [3.05, 3.63) is 61.1 Å². The summed E-state index contributed by atoms with van der Waals surface area (Å²) in [5.74, 6) is 0.507. The van der Waals surface area contributed by atoms with E-state index in [1.54, 1.807) is 28.8 Å². The Morgan fingerprint density at radius 3 is 2.70 bits per heavy atom. The van der Waals surface area contributed by atoms with Crippen molar-refractivity contribution in [1.29, 1.82) is 0 Å². The minimum Gasteiger partial charge on any atom is -0.274 e. The maximum atomic E-state index is 13.1. The van der Waals surface area contributed by atoms with E-state index in [0.717, 1.165) is 23.9 Å². The first kappa shape index (κ1) is 20.0. The first-order valence-corrected chi connectivity index (χ1v) is 12.1. The number of hydrogen-bond acceptors (Lipinski definition) is 7. The lowest BCUT2D eigenvalue weighted by Crippen LogP contribution is -2.39. The fourth-order valence-electron chi connectivity index (χ4n) is 4.32. The Kier molecular flexibility index (Phi) is 4.52. The number of aryl methyl sites for hydroxylation is 1. The van der Waals surface area contributed by atoms with E-state index in [1.165, 1.54) is 21.4 Å². The number of nitrogens with zero attached hydrogens (tertiary/aromatic N) is 9. The van der Waals surface area contributed by atoms with E-state index in [-0.39, 0.29) is 10.8 Å². The third kappa shape index (κ3) is 3.29. The molecule has 5 aromatic rings. The van der Waals surface area contributed by atoms with E-state index < -0.39 is 10.0 Å². The highest BCUT2D eigenvalue weighted by Crippen LogP contribution is 2.30. The molecule has 12 heteroatoms. The van der Waals surface area contributed by atoms with Crippen LogP contribution in [-0.4, -0.2) is 65.0 Å². The number of sulfonamides is 1. The zero-order chi connectivity index (χ0) is 22.6. The van der Waals surface area contributed by atoms with E-state index in [9.17, 15) is 8.42 Å². The van der Waals surface area contributed by atoms with Crippen molar-refractivity contribution in [2.45, 2.75) is 23.7 Å². The van der Waals surface area contributed by atoms with Crippen LogP contribution in [0.4, 0.5) is 0 Å². The highest BCUT2D eigenvalue weighted by Gasteiger charge is 2.33. The second kappa shape index (κ2) is 7.46. The molecular formula is C21H21N9O2S. The van der Waals surface area contributed by atoms with Crippen LogP contribution in [0.15, 0.2) is 60.1 Å². The molecule has 0 bridgehead atoms. The lowest BCUT2D eigenvalue weighted by molar-refractivity contribution is 0.309. The molecule has 1 aliphatic rings. The highest BCUT2D eigenvalue weighted by molar-refractivity contribution is 7.89. The number of piperidine rings is 1. The molecule has 0 amide bonds. The molecule has 0 spiro atoms. The summed E-state index contributed by atoms with van der Waals surface area (Å²) in [7, 11) is -1.91. The average molecular weight is 464 g/mol. The van der Waals surface area contributed by atoms with Crippen LogP contribution in [-0.2, 0) is 17.1 Å². The molecule has 0 radical (unpaired) electrons. The Balaban J connectivity index is 1.35. The molecule has 6 rings (SSSR count). The minimum absolute atomic E-state index is 0.107.